The highest BCUT2D eigenvalue weighted by Crippen LogP contribution is 2.30. The minimum atomic E-state index is -0.610. The van der Waals surface area contributed by atoms with Gasteiger partial charge in [-0.1, -0.05) is 36.7 Å². The van der Waals surface area contributed by atoms with Crippen molar-refractivity contribution >= 4 is 11.6 Å². The van der Waals surface area contributed by atoms with Gasteiger partial charge in [0.1, 0.15) is 11.6 Å². The highest BCUT2D eigenvalue weighted by molar-refractivity contribution is 6.30. The number of rotatable bonds is 4. The van der Waals surface area contributed by atoms with Gasteiger partial charge in [-0.2, -0.15) is 0 Å². The lowest BCUT2D eigenvalue weighted by atomic mass is 9.92. The second-order valence-corrected chi connectivity index (χ2v) is 5.47. The monoisotopic (exact) mass is 309 g/mol. The van der Waals surface area contributed by atoms with E-state index in [1.165, 1.54) is 6.07 Å². The number of aryl methyl sites for hydroxylation is 1. The first-order valence-corrected chi connectivity index (χ1v) is 7.27. The largest absolute Gasteiger partial charge is 0.306 e. The van der Waals surface area contributed by atoms with E-state index in [0.717, 1.165) is 22.8 Å². The van der Waals surface area contributed by atoms with E-state index >= 15 is 0 Å². The van der Waals surface area contributed by atoms with E-state index in [9.17, 15) is 8.78 Å². The Balaban J connectivity index is 2.59. The molecule has 21 heavy (non-hydrogen) atoms. The Morgan fingerprint density at radius 2 is 1.81 bits per heavy atom. The Bertz CT molecular complexity index is 655. The SMILES string of the molecule is CCNC(c1cc(F)c(Cl)cc1F)c1cccc(C)c1C. The predicted octanol–water partition coefficient (Wildman–Crippen LogP) is 4.93. The van der Waals surface area contributed by atoms with Gasteiger partial charge in [-0.3, -0.25) is 0 Å². The predicted molar refractivity (Wildman–Crippen MR) is 82.8 cm³/mol. The fourth-order valence-electron chi connectivity index (χ4n) is 2.44. The van der Waals surface area contributed by atoms with Gasteiger partial charge in [0.2, 0.25) is 0 Å². The Labute approximate surface area is 128 Å². The first kappa shape index (κ1) is 15.9. The van der Waals surface area contributed by atoms with E-state index in [-0.39, 0.29) is 10.6 Å². The average Bonchev–Trinajstić information content (AvgIpc) is 2.44. The summed E-state index contributed by atoms with van der Waals surface area (Å²) in [6.45, 7) is 6.56. The molecule has 0 saturated heterocycles. The molecule has 0 spiro atoms. The maximum Gasteiger partial charge on any atom is 0.142 e. The Hall–Kier alpha value is -1.45. The maximum absolute atomic E-state index is 14.2. The Kier molecular flexibility index (Phi) is 4.96. The first-order chi connectivity index (χ1) is 9.95. The molecule has 0 heterocycles. The van der Waals surface area contributed by atoms with Crippen molar-refractivity contribution < 1.29 is 8.78 Å². The van der Waals surface area contributed by atoms with Gasteiger partial charge in [0.05, 0.1) is 11.1 Å². The number of benzene rings is 2. The van der Waals surface area contributed by atoms with Gasteiger partial charge in [0.15, 0.2) is 0 Å². The van der Waals surface area contributed by atoms with Crippen molar-refractivity contribution in [3.8, 4) is 0 Å². The third-order valence-electron chi connectivity index (χ3n) is 3.72. The second kappa shape index (κ2) is 6.54. The van der Waals surface area contributed by atoms with Crippen LogP contribution in [0.3, 0.4) is 0 Å². The zero-order chi connectivity index (χ0) is 15.6. The molecular formula is C17H18ClF2N. The van der Waals surface area contributed by atoms with E-state index in [0.29, 0.717) is 6.54 Å². The van der Waals surface area contributed by atoms with Crippen molar-refractivity contribution in [1.29, 1.82) is 0 Å². The molecule has 2 aromatic rings. The van der Waals surface area contributed by atoms with Crippen LogP contribution >= 0.6 is 11.6 Å². The summed E-state index contributed by atoms with van der Waals surface area (Å²) in [4.78, 5) is 0. The van der Waals surface area contributed by atoms with Crippen LogP contribution in [-0.4, -0.2) is 6.54 Å². The van der Waals surface area contributed by atoms with E-state index in [1.54, 1.807) is 0 Å². The lowest BCUT2D eigenvalue weighted by Crippen LogP contribution is -2.24. The van der Waals surface area contributed by atoms with Crippen molar-refractivity contribution in [1.82, 2.24) is 5.32 Å². The molecule has 2 aromatic carbocycles. The molecule has 1 N–H and O–H groups in total. The van der Waals surface area contributed by atoms with Gasteiger partial charge in [-0.05, 0) is 49.2 Å². The summed E-state index contributed by atoms with van der Waals surface area (Å²) >= 11 is 5.63. The van der Waals surface area contributed by atoms with E-state index < -0.39 is 17.7 Å². The normalized spacial score (nSPS) is 12.5. The molecule has 0 bridgehead atoms. The molecule has 0 fully saturated rings. The Morgan fingerprint density at radius 1 is 1.10 bits per heavy atom. The van der Waals surface area contributed by atoms with Crippen molar-refractivity contribution in [2.24, 2.45) is 0 Å². The summed E-state index contributed by atoms with van der Waals surface area (Å²) in [6, 6.07) is 7.66. The molecule has 1 atom stereocenters. The molecule has 0 aliphatic heterocycles. The summed E-state index contributed by atoms with van der Waals surface area (Å²) in [5, 5.41) is 3.02. The lowest BCUT2D eigenvalue weighted by molar-refractivity contribution is 0.544. The van der Waals surface area contributed by atoms with E-state index in [1.807, 2.05) is 39.0 Å². The molecule has 0 saturated carbocycles. The van der Waals surface area contributed by atoms with Gasteiger partial charge >= 0.3 is 0 Å². The van der Waals surface area contributed by atoms with Crippen LogP contribution in [-0.2, 0) is 0 Å². The van der Waals surface area contributed by atoms with Crippen LogP contribution in [0.5, 0.6) is 0 Å². The molecule has 4 heteroatoms. The zero-order valence-corrected chi connectivity index (χ0v) is 13.1. The first-order valence-electron chi connectivity index (χ1n) is 6.89. The molecule has 1 nitrogen and oxygen atoms in total. The molecule has 0 aliphatic carbocycles. The number of nitrogens with one attached hydrogen (secondary N) is 1. The van der Waals surface area contributed by atoms with Crippen LogP contribution in [0.2, 0.25) is 5.02 Å². The molecule has 0 aromatic heterocycles. The Morgan fingerprint density at radius 3 is 2.48 bits per heavy atom. The number of hydrogen-bond donors (Lipinski definition) is 1. The van der Waals surface area contributed by atoms with Crippen LogP contribution in [0.15, 0.2) is 30.3 Å². The summed E-state index contributed by atoms with van der Waals surface area (Å²) in [7, 11) is 0. The van der Waals surface area contributed by atoms with Crippen molar-refractivity contribution in [2.75, 3.05) is 6.54 Å². The fraction of sp³-hybridized carbons (Fsp3) is 0.294. The average molecular weight is 310 g/mol. The molecule has 0 amide bonds. The highest BCUT2D eigenvalue weighted by atomic mass is 35.5. The minimum Gasteiger partial charge on any atom is -0.306 e. The summed E-state index contributed by atoms with van der Waals surface area (Å²) in [5.41, 5.74) is 3.40. The fourth-order valence-corrected chi connectivity index (χ4v) is 2.59. The maximum atomic E-state index is 14.2. The van der Waals surface area contributed by atoms with Gasteiger partial charge in [-0.25, -0.2) is 8.78 Å². The second-order valence-electron chi connectivity index (χ2n) is 5.07. The van der Waals surface area contributed by atoms with Gasteiger partial charge in [0, 0.05) is 5.56 Å². The third-order valence-corrected chi connectivity index (χ3v) is 4.01. The van der Waals surface area contributed by atoms with Gasteiger partial charge < -0.3 is 5.32 Å². The standard InChI is InChI=1S/C17H18ClF2N/c1-4-21-17(12-7-5-6-10(2)11(12)3)13-8-16(20)14(18)9-15(13)19/h5-9,17,21H,4H2,1-3H3. The number of halogens is 3. The van der Waals surface area contributed by atoms with E-state index in [2.05, 4.69) is 5.32 Å². The molecule has 0 radical (unpaired) electrons. The van der Waals surface area contributed by atoms with Crippen LogP contribution < -0.4 is 5.32 Å². The highest BCUT2D eigenvalue weighted by Gasteiger charge is 2.21. The topological polar surface area (TPSA) is 12.0 Å². The molecule has 1 unspecified atom stereocenters. The summed E-state index contributed by atoms with van der Waals surface area (Å²) in [5.74, 6) is -1.12. The summed E-state index contributed by atoms with van der Waals surface area (Å²) < 4.78 is 28.0. The molecule has 112 valence electrons. The molecular weight excluding hydrogens is 292 g/mol. The summed E-state index contributed by atoms with van der Waals surface area (Å²) in [6.07, 6.45) is 0. The minimum absolute atomic E-state index is 0.201. The van der Waals surface area contributed by atoms with Crippen LogP contribution in [0.4, 0.5) is 8.78 Å². The van der Waals surface area contributed by atoms with Crippen molar-refractivity contribution in [2.45, 2.75) is 26.8 Å². The van der Waals surface area contributed by atoms with Gasteiger partial charge in [0.25, 0.3) is 0 Å². The van der Waals surface area contributed by atoms with Gasteiger partial charge in [-0.15, -0.1) is 0 Å². The van der Waals surface area contributed by atoms with Crippen LogP contribution in [0.1, 0.15) is 35.2 Å². The lowest BCUT2D eigenvalue weighted by Gasteiger charge is -2.22. The van der Waals surface area contributed by atoms with Crippen molar-refractivity contribution in [3.63, 3.8) is 0 Å². The molecule has 2 rings (SSSR count). The van der Waals surface area contributed by atoms with E-state index in [4.69, 9.17) is 11.6 Å². The third kappa shape index (κ3) is 3.25. The quantitative estimate of drug-likeness (QED) is 0.789. The van der Waals surface area contributed by atoms with Crippen LogP contribution in [0, 0.1) is 25.5 Å². The number of hydrogen-bond acceptors (Lipinski definition) is 1. The van der Waals surface area contributed by atoms with Crippen molar-refractivity contribution in [3.05, 3.63) is 69.2 Å². The van der Waals surface area contributed by atoms with Crippen LogP contribution in [0.25, 0.3) is 0 Å². The zero-order valence-electron chi connectivity index (χ0n) is 12.3. The molecule has 0 aliphatic rings. The smallest absolute Gasteiger partial charge is 0.142 e.